The summed E-state index contributed by atoms with van der Waals surface area (Å²) in [5.41, 5.74) is 3.74. The molecule has 1 aliphatic heterocycles. The Morgan fingerprint density at radius 2 is 1.91 bits per heavy atom. The maximum absolute atomic E-state index is 15.0. The number of carbonyl (C=O) groups excluding carboxylic acids is 1. The van der Waals surface area contributed by atoms with Gasteiger partial charge in [0.15, 0.2) is 0 Å². The van der Waals surface area contributed by atoms with Crippen LogP contribution >= 0.6 is 23.2 Å². The molecule has 0 spiro atoms. The first-order valence-corrected chi connectivity index (χ1v) is 11.8. The number of hydrogen-bond acceptors (Lipinski definition) is 3. The molecule has 4 aromatic rings. The Morgan fingerprint density at radius 1 is 1.15 bits per heavy atom. The van der Waals surface area contributed by atoms with Gasteiger partial charge in [-0.3, -0.25) is 9.78 Å². The number of para-hydroxylation sites is 1. The number of aryl methyl sites for hydroxylation is 1. The van der Waals surface area contributed by atoms with Crippen LogP contribution in [0.3, 0.4) is 0 Å². The van der Waals surface area contributed by atoms with Crippen LogP contribution in [-0.4, -0.2) is 17.5 Å². The van der Waals surface area contributed by atoms with Gasteiger partial charge in [-0.15, -0.1) is 0 Å². The molecule has 1 aromatic heterocycles. The Balaban J connectivity index is 1.57. The summed E-state index contributed by atoms with van der Waals surface area (Å²) in [6, 6.07) is 15.6. The highest BCUT2D eigenvalue weighted by Gasteiger charge is 2.28. The molecular weight excluding hydrogens is 474 g/mol. The Kier molecular flexibility index (Phi) is 6.15. The molecule has 5 rings (SSSR count). The van der Waals surface area contributed by atoms with Crippen molar-refractivity contribution in [3.05, 3.63) is 87.8 Å². The van der Waals surface area contributed by atoms with E-state index in [4.69, 9.17) is 27.9 Å². The number of benzene rings is 3. The molecule has 4 nitrogen and oxygen atoms in total. The number of anilines is 1. The average Bonchev–Trinajstić information content (AvgIpc) is 2.82. The molecule has 1 amide bonds. The third-order valence-corrected chi connectivity index (χ3v) is 6.57. The number of nitrogens with one attached hydrogen (secondary N) is 1. The van der Waals surface area contributed by atoms with Gasteiger partial charge < -0.3 is 10.1 Å². The number of nitrogens with zero attached hydrogens (tertiary/aromatic N) is 1. The van der Waals surface area contributed by atoms with E-state index in [2.05, 4.69) is 10.3 Å². The molecule has 0 saturated carbocycles. The van der Waals surface area contributed by atoms with Gasteiger partial charge in [0, 0.05) is 26.6 Å². The van der Waals surface area contributed by atoms with Gasteiger partial charge in [-0.25, -0.2) is 4.39 Å². The van der Waals surface area contributed by atoms with E-state index < -0.39 is 5.82 Å². The quantitative estimate of drug-likeness (QED) is 0.321. The summed E-state index contributed by atoms with van der Waals surface area (Å²) in [5.74, 6) is -0.115. The molecule has 3 aromatic carbocycles. The summed E-state index contributed by atoms with van der Waals surface area (Å²) >= 11 is 12.3. The standard InChI is InChI=1S/C27H21Cl2FN2O2/c1-2-18-20-7-8-22(30)25(15-11-16(28)13-17(29)12-15)26(20)31-14-23(18)32-27(33)21-9-10-34-24-6-4-3-5-19(21)24/h3-8,11-14,21H,2,9-10H2,1H3,(H,32,33)/t21-/m0/s1. The first-order valence-electron chi connectivity index (χ1n) is 11.1. The van der Waals surface area contributed by atoms with Gasteiger partial charge >= 0.3 is 0 Å². The molecule has 0 aliphatic carbocycles. The normalized spacial score (nSPS) is 15.0. The fraction of sp³-hybridized carbons (Fsp3) is 0.185. The molecule has 1 atom stereocenters. The van der Waals surface area contributed by atoms with Gasteiger partial charge in [-0.1, -0.05) is 48.3 Å². The molecule has 7 heteroatoms. The number of rotatable bonds is 4. The van der Waals surface area contributed by atoms with Crippen molar-refractivity contribution in [2.75, 3.05) is 11.9 Å². The lowest BCUT2D eigenvalue weighted by molar-refractivity contribution is -0.118. The van der Waals surface area contributed by atoms with Crippen LogP contribution in [0, 0.1) is 5.82 Å². The Bertz CT molecular complexity index is 1400. The van der Waals surface area contributed by atoms with E-state index in [1.165, 1.54) is 6.07 Å². The zero-order valence-electron chi connectivity index (χ0n) is 18.4. The summed E-state index contributed by atoms with van der Waals surface area (Å²) in [7, 11) is 0. The van der Waals surface area contributed by atoms with Crippen LogP contribution in [0.25, 0.3) is 22.0 Å². The highest BCUT2D eigenvalue weighted by atomic mass is 35.5. The van der Waals surface area contributed by atoms with E-state index in [0.717, 1.165) is 22.3 Å². The van der Waals surface area contributed by atoms with Crippen LogP contribution in [0.2, 0.25) is 10.0 Å². The number of ether oxygens (including phenoxy) is 1. The molecule has 34 heavy (non-hydrogen) atoms. The minimum Gasteiger partial charge on any atom is -0.493 e. The van der Waals surface area contributed by atoms with E-state index in [-0.39, 0.29) is 11.8 Å². The minimum absolute atomic E-state index is 0.115. The zero-order chi connectivity index (χ0) is 23.8. The van der Waals surface area contributed by atoms with Gasteiger partial charge in [-0.2, -0.15) is 0 Å². The number of amides is 1. The van der Waals surface area contributed by atoms with Crippen LogP contribution < -0.4 is 10.1 Å². The zero-order valence-corrected chi connectivity index (χ0v) is 19.9. The summed E-state index contributed by atoms with van der Waals surface area (Å²) in [4.78, 5) is 17.8. The Hall–Kier alpha value is -3.15. The van der Waals surface area contributed by atoms with Crippen LogP contribution in [0.1, 0.15) is 30.4 Å². The lowest BCUT2D eigenvalue weighted by Gasteiger charge is -2.25. The van der Waals surface area contributed by atoms with Gasteiger partial charge in [0.1, 0.15) is 11.6 Å². The summed E-state index contributed by atoms with van der Waals surface area (Å²) < 4.78 is 20.7. The maximum Gasteiger partial charge on any atom is 0.232 e. The van der Waals surface area contributed by atoms with E-state index in [1.807, 2.05) is 31.2 Å². The highest BCUT2D eigenvalue weighted by Crippen LogP contribution is 2.38. The van der Waals surface area contributed by atoms with Crippen molar-refractivity contribution < 1.29 is 13.9 Å². The van der Waals surface area contributed by atoms with Gasteiger partial charge in [0.2, 0.25) is 5.91 Å². The van der Waals surface area contributed by atoms with Crippen molar-refractivity contribution in [2.24, 2.45) is 0 Å². The van der Waals surface area contributed by atoms with E-state index in [0.29, 0.717) is 51.8 Å². The second kappa shape index (κ2) is 9.24. The fourth-order valence-corrected chi connectivity index (χ4v) is 5.12. The van der Waals surface area contributed by atoms with Crippen molar-refractivity contribution in [3.63, 3.8) is 0 Å². The first kappa shape index (κ1) is 22.6. The Labute approximate surface area is 206 Å². The topological polar surface area (TPSA) is 51.2 Å². The number of aromatic nitrogens is 1. The van der Waals surface area contributed by atoms with Crippen LogP contribution in [0.5, 0.6) is 5.75 Å². The fourth-order valence-electron chi connectivity index (χ4n) is 4.59. The number of pyridine rings is 1. The predicted molar refractivity (Wildman–Crippen MR) is 134 cm³/mol. The van der Waals surface area contributed by atoms with Crippen molar-refractivity contribution in [1.82, 2.24) is 4.98 Å². The highest BCUT2D eigenvalue weighted by molar-refractivity contribution is 6.35. The van der Waals surface area contributed by atoms with Gasteiger partial charge in [-0.05, 0) is 60.4 Å². The van der Waals surface area contributed by atoms with Gasteiger partial charge in [0.05, 0.1) is 29.9 Å². The number of carbonyl (C=O) groups is 1. The third-order valence-electron chi connectivity index (χ3n) is 6.14. The largest absolute Gasteiger partial charge is 0.493 e. The molecule has 2 heterocycles. The molecule has 0 bridgehead atoms. The molecule has 0 saturated heterocycles. The van der Waals surface area contributed by atoms with Crippen molar-refractivity contribution in [2.45, 2.75) is 25.7 Å². The van der Waals surface area contributed by atoms with E-state index in [9.17, 15) is 9.18 Å². The molecule has 0 unspecified atom stereocenters. The lowest BCUT2D eigenvalue weighted by Crippen LogP contribution is -2.27. The molecule has 172 valence electrons. The van der Waals surface area contributed by atoms with Crippen LogP contribution in [-0.2, 0) is 11.2 Å². The SMILES string of the molecule is CCc1c(NC(=O)[C@H]2CCOc3ccccc32)cnc2c(-c3cc(Cl)cc(Cl)c3)c(F)ccc12. The predicted octanol–water partition coefficient (Wildman–Crippen LogP) is 7.41. The summed E-state index contributed by atoms with van der Waals surface area (Å²) in [6.07, 6.45) is 2.82. The van der Waals surface area contributed by atoms with Crippen molar-refractivity contribution >= 4 is 45.7 Å². The molecule has 1 aliphatic rings. The summed E-state index contributed by atoms with van der Waals surface area (Å²) in [6.45, 7) is 2.48. The van der Waals surface area contributed by atoms with E-state index in [1.54, 1.807) is 30.5 Å². The maximum atomic E-state index is 15.0. The van der Waals surface area contributed by atoms with Crippen molar-refractivity contribution in [1.29, 1.82) is 0 Å². The minimum atomic E-state index is -0.420. The molecular formula is C27H21Cl2FN2O2. The van der Waals surface area contributed by atoms with Crippen molar-refractivity contribution in [3.8, 4) is 16.9 Å². The second-order valence-corrected chi connectivity index (χ2v) is 9.07. The number of fused-ring (bicyclic) bond motifs is 2. The van der Waals surface area contributed by atoms with Crippen LogP contribution in [0.4, 0.5) is 10.1 Å². The third kappa shape index (κ3) is 4.10. The summed E-state index contributed by atoms with van der Waals surface area (Å²) in [5, 5.41) is 4.65. The number of hydrogen-bond donors (Lipinski definition) is 1. The Morgan fingerprint density at radius 3 is 2.68 bits per heavy atom. The molecule has 1 N–H and O–H groups in total. The smallest absolute Gasteiger partial charge is 0.232 e. The van der Waals surface area contributed by atoms with Gasteiger partial charge in [0.25, 0.3) is 0 Å². The molecule has 0 radical (unpaired) electrons. The monoisotopic (exact) mass is 494 g/mol. The average molecular weight is 495 g/mol. The number of halogens is 3. The second-order valence-electron chi connectivity index (χ2n) is 8.20. The van der Waals surface area contributed by atoms with E-state index >= 15 is 0 Å². The molecule has 0 fully saturated rings. The van der Waals surface area contributed by atoms with Crippen LogP contribution in [0.15, 0.2) is 60.8 Å². The first-order chi connectivity index (χ1) is 16.5. The lowest BCUT2D eigenvalue weighted by atomic mass is 9.92.